The Kier molecular flexibility index (Phi) is 3.27. The van der Waals surface area contributed by atoms with Crippen molar-refractivity contribution in [3.8, 4) is 5.75 Å². The third kappa shape index (κ3) is 2.72. The molecule has 15 heavy (non-hydrogen) atoms. The van der Waals surface area contributed by atoms with Crippen LogP contribution in [0.1, 0.15) is 24.8 Å². The van der Waals surface area contributed by atoms with Gasteiger partial charge in [0.1, 0.15) is 5.75 Å². The van der Waals surface area contributed by atoms with Crippen LogP contribution in [-0.4, -0.2) is 18.3 Å². The van der Waals surface area contributed by atoms with E-state index in [9.17, 15) is 5.11 Å². The van der Waals surface area contributed by atoms with Crippen LogP contribution < -0.4 is 4.74 Å². The zero-order valence-electron chi connectivity index (χ0n) is 9.15. The quantitative estimate of drug-likeness (QED) is 0.823. The fourth-order valence-corrected chi connectivity index (χ4v) is 2.37. The Labute approximate surface area is 90.9 Å². The van der Waals surface area contributed by atoms with Crippen LogP contribution in [0.25, 0.3) is 0 Å². The predicted octanol–water partition coefficient (Wildman–Crippen LogP) is 2.40. The van der Waals surface area contributed by atoms with Crippen molar-refractivity contribution < 1.29 is 9.84 Å². The second-order valence-electron chi connectivity index (χ2n) is 4.39. The van der Waals surface area contributed by atoms with Crippen molar-refractivity contribution in [2.75, 3.05) is 7.11 Å². The molecular weight excluding hydrogens is 188 g/mol. The molecule has 2 heteroatoms. The molecule has 0 aliphatic heterocycles. The molecule has 1 aromatic carbocycles. The standard InChI is InChI=1S/C13H18O2/c1-15-13-4-2-3-10(9-13)7-11-5-6-12(14)8-11/h2-4,9,11-12,14H,5-8H2,1H3. The predicted molar refractivity (Wildman–Crippen MR) is 60.0 cm³/mol. The highest BCUT2D eigenvalue weighted by Gasteiger charge is 2.22. The van der Waals surface area contributed by atoms with Gasteiger partial charge >= 0.3 is 0 Å². The van der Waals surface area contributed by atoms with E-state index in [4.69, 9.17) is 4.74 Å². The first kappa shape index (κ1) is 10.5. The molecule has 0 spiro atoms. The van der Waals surface area contributed by atoms with Gasteiger partial charge in [0.2, 0.25) is 0 Å². The zero-order chi connectivity index (χ0) is 10.7. The Balaban J connectivity index is 1.98. The van der Waals surface area contributed by atoms with Crippen LogP contribution in [0.2, 0.25) is 0 Å². The SMILES string of the molecule is COc1cccc(CC2CCC(O)C2)c1. The van der Waals surface area contributed by atoms with Crippen molar-refractivity contribution in [1.82, 2.24) is 0 Å². The van der Waals surface area contributed by atoms with Crippen LogP contribution in [0, 0.1) is 5.92 Å². The van der Waals surface area contributed by atoms with E-state index in [1.165, 1.54) is 5.56 Å². The van der Waals surface area contributed by atoms with E-state index in [-0.39, 0.29) is 6.10 Å². The molecule has 0 heterocycles. The first-order valence-corrected chi connectivity index (χ1v) is 5.59. The summed E-state index contributed by atoms with van der Waals surface area (Å²) in [6.07, 6.45) is 4.07. The summed E-state index contributed by atoms with van der Waals surface area (Å²) in [6, 6.07) is 8.21. The molecule has 0 aromatic heterocycles. The number of hydrogen-bond acceptors (Lipinski definition) is 2. The van der Waals surface area contributed by atoms with Crippen molar-refractivity contribution in [1.29, 1.82) is 0 Å². The van der Waals surface area contributed by atoms with Gasteiger partial charge in [0, 0.05) is 0 Å². The molecule has 1 aromatic rings. The topological polar surface area (TPSA) is 29.5 Å². The number of aliphatic hydroxyl groups excluding tert-OH is 1. The van der Waals surface area contributed by atoms with Crippen LogP contribution in [0.5, 0.6) is 5.75 Å². The van der Waals surface area contributed by atoms with Gasteiger partial charge < -0.3 is 9.84 Å². The molecule has 1 aliphatic rings. The molecule has 82 valence electrons. The average molecular weight is 206 g/mol. The molecular formula is C13H18O2. The van der Waals surface area contributed by atoms with E-state index in [1.807, 2.05) is 12.1 Å². The summed E-state index contributed by atoms with van der Waals surface area (Å²) in [5, 5.41) is 9.45. The van der Waals surface area contributed by atoms with Gasteiger partial charge in [-0.1, -0.05) is 12.1 Å². The van der Waals surface area contributed by atoms with Gasteiger partial charge in [0.25, 0.3) is 0 Å². The first-order chi connectivity index (χ1) is 7.28. The van der Waals surface area contributed by atoms with E-state index in [2.05, 4.69) is 12.1 Å². The monoisotopic (exact) mass is 206 g/mol. The zero-order valence-corrected chi connectivity index (χ0v) is 9.15. The summed E-state index contributed by atoms with van der Waals surface area (Å²) in [7, 11) is 1.69. The third-order valence-electron chi connectivity index (χ3n) is 3.17. The first-order valence-electron chi connectivity index (χ1n) is 5.59. The number of benzene rings is 1. The maximum atomic E-state index is 9.45. The summed E-state index contributed by atoms with van der Waals surface area (Å²) < 4.78 is 5.19. The Morgan fingerprint density at radius 1 is 1.40 bits per heavy atom. The Hall–Kier alpha value is -1.02. The molecule has 0 amide bonds. The van der Waals surface area contributed by atoms with Crippen LogP contribution >= 0.6 is 0 Å². The fraction of sp³-hybridized carbons (Fsp3) is 0.538. The lowest BCUT2D eigenvalue weighted by atomic mass is 9.98. The third-order valence-corrected chi connectivity index (χ3v) is 3.17. The molecule has 2 unspecified atom stereocenters. The molecule has 0 bridgehead atoms. The maximum absolute atomic E-state index is 9.45. The molecule has 2 nitrogen and oxygen atoms in total. The molecule has 1 N–H and O–H groups in total. The summed E-state index contributed by atoms with van der Waals surface area (Å²) in [5.74, 6) is 1.57. The van der Waals surface area contributed by atoms with Gasteiger partial charge in [-0.05, 0) is 49.3 Å². The molecule has 0 radical (unpaired) electrons. The normalized spacial score (nSPS) is 25.5. The highest BCUT2D eigenvalue weighted by atomic mass is 16.5. The largest absolute Gasteiger partial charge is 0.497 e. The maximum Gasteiger partial charge on any atom is 0.119 e. The van der Waals surface area contributed by atoms with E-state index in [0.717, 1.165) is 31.4 Å². The van der Waals surface area contributed by atoms with Crippen LogP contribution in [0.3, 0.4) is 0 Å². The van der Waals surface area contributed by atoms with Gasteiger partial charge in [0.05, 0.1) is 13.2 Å². The molecule has 2 atom stereocenters. The minimum atomic E-state index is -0.0689. The van der Waals surface area contributed by atoms with Crippen LogP contribution in [0.4, 0.5) is 0 Å². The van der Waals surface area contributed by atoms with E-state index in [0.29, 0.717) is 5.92 Å². The smallest absolute Gasteiger partial charge is 0.119 e. The summed E-state index contributed by atoms with van der Waals surface area (Å²) in [4.78, 5) is 0. The van der Waals surface area contributed by atoms with Crippen LogP contribution in [-0.2, 0) is 6.42 Å². The van der Waals surface area contributed by atoms with Crippen molar-refractivity contribution in [2.24, 2.45) is 5.92 Å². The van der Waals surface area contributed by atoms with Crippen molar-refractivity contribution in [3.05, 3.63) is 29.8 Å². The Morgan fingerprint density at radius 3 is 2.93 bits per heavy atom. The van der Waals surface area contributed by atoms with Crippen LogP contribution in [0.15, 0.2) is 24.3 Å². The highest BCUT2D eigenvalue weighted by molar-refractivity contribution is 5.28. The molecule has 1 aliphatic carbocycles. The van der Waals surface area contributed by atoms with Gasteiger partial charge in [-0.2, -0.15) is 0 Å². The molecule has 0 saturated heterocycles. The minimum Gasteiger partial charge on any atom is -0.497 e. The average Bonchev–Trinajstić information content (AvgIpc) is 2.64. The van der Waals surface area contributed by atoms with Gasteiger partial charge in [0.15, 0.2) is 0 Å². The van der Waals surface area contributed by atoms with Crippen molar-refractivity contribution in [2.45, 2.75) is 31.8 Å². The number of hydrogen-bond donors (Lipinski definition) is 1. The Morgan fingerprint density at radius 2 is 2.27 bits per heavy atom. The van der Waals surface area contributed by atoms with Gasteiger partial charge in [-0.3, -0.25) is 0 Å². The summed E-state index contributed by atoms with van der Waals surface area (Å²) in [6.45, 7) is 0. The van der Waals surface area contributed by atoms with Crippen molar-refractivity contribution >= 4 is 0 Å². The highest BCUT2D eigenvalue weighted by Crippen LogP contribution is 2.29. The lowest BCUT2D eigenvalue weighted by Gasteiger charge is -2.10. The second-order valence-corrected chi connectivity index (χ2v) is 4.39. The van der Waals surface area contributed by atoms with E-state index < -0.39 is 0 Å². The number of methoxy groups -OCH3 is 1. The summed E-state index contributed by atoms with van der Waals surface area (Å²) >= 11 is 0. The number of ether oxygens (including phenoxy) is 1. The van der Waals surface area contributed by atoms with Crippen molar-refractivity contribution in [3.63, 3.8) is 0 Å². The number of rotatable bonds is 3. The summed E-state index contributed by atoms with van der Waals surface area (Å²) in [5.41, 5.74) is 1.31. The molecule has 1 fully saturated rings. The molecule has 1 saturated carbocycles. The van der Waals surface area contributed by atoms with Gasteiger partial charge in [-0.25, -0.2) is 0 Å². The van der Waals surface area contributed by atoms with Gasteiger partial charge in [-0.15, -0.1) is 0 Å². The minimum absolute atomic E-state index is 0.0689. The lowest BCUT2D eigenvalue weighted by molar-refractivity contribution is 0.177. The lowest BCUT2D eigenvalue weighted by Crippen LogP contribution is -2.03. The molecule has 2 rings (SSSR count). The van der Waals surface area contributed by atoms with E-state index in [1.54, 1.807) is 7.11 Å². The Bertz CT molecular complexity index is 322. The van der Waals surface area contributed by atoms with E-state index >= 15 is 0 Å². The second kappa shape index (κ2) is 4.67. The number of aliphatic hydroxyl groups is 1. The fourth-order valence-electron chi connectivity index (χ4n) is 2.37.